The first-order valence-corrected chi connectivity index (χ1v) is 7.91. The molecule has 0 saturated heterocycles. The van der Waals surface area contributed by atoms with E-state index in [0.29, 0.717) is 25.7 Å². The van der Waals surface area contributed by atoms with Gasteiger partial charge in [0.25, 0.3) is 0 Å². The number of nitrogens with one attached hydrogen (secondary N) is 1. The average molecular weight is 343 g/mol. The van der Waals surface area contributed by atoms with Crippen molar-refractivity contribution < 1.29 is 27.9 Å². The van der Waals surface area contributed by atoms with Crippen LogP contribution in [0.25, 0.3) is 0 Å². The van der Waals surface area contributed by atoms with Gasteiger partial charge < -0.3 is 10.4 Å². The molecule has 2 N–H and O–H groups in total. The third-order valence-electron chi connectivity index (χ3n) is 4.43. The Bertz CT molecular complexity index is 566. The summed E-state index contributed by atoms with van der Waals surface area (Å²) in [6, 6.07) is 7.13. The van der Waals surface area contributed by atoms with Gasteiger partial charge in [-0.2, -0.15) is 13.2 Å². The fourth-order valence-electron chi connectivity index (χ4n) is 3.06. The van der Waals surface area contributed by atoms with Gasteiger partial charge in [-0.05, 0) is 31.2 Å². The normalized spacial score (nSPS) is 22.6. The molecule has 24 heavy (non-hydrogen) atoms. The van der Waals surface area contributed by atoms with E-state index >= 15 is 0 Å². The molecule has 0 heterocycles. The summed E-state index contributed by atoms with van der Waals surface area (Å²) < 4.78 is 39.7. The standard InChI is InChI=1S/C17H20F3NO3/c18-17(19,20)14(11-4-2-1-3-5-11)10-15(22)21-13-8-6-12(7-9-13)16(23)24/h1-5,12-14H,6-10H2,(H,21,22)(H,23,24). The Morgan fingerprint density at radius 2 is 1.71 bits per heavy atom. The minimum Gasteiger partial charge on any atom is -0.481 e. The largest absolute Gasteiger partial charge is 0.481 e. The molecule has 1 fully saturated rings. The molecule has 0 aliphatic heterocycles. The topological polar surface area (TPSA) is 66.4 Å². The Kier molecular flexibility index (Phi) is 5.85. The summed E-state index contributed by atoms with van der Waals surface area (Å²) in [5, 5.41) is 11.5. The van der Waals surface area contributed by atoms with Gasteiger partial charge in [0, 0.05) is 12.5 Å². The van der Waals surface area contributed by atoms with Crippen molar-refractivity contribution in [3.63, 3.8) is 0 Å². The van der Waals surface area contributed by atoms with Crippen molar-refractivity contribution in [2.24, 2.45) is 5.92 Å². The van der Waals surface area contributed by atoms with Gasteiger partial charge in [0.2, 0.25) is 5.91 Å². The zero-order chi connectivity index (χ0) is 17.7. The van der Waals surface area contributed by atoms with Crippen LogP contribution in [0.4, 0.5) is 13.2 Å². The Morgan fingerprint density at radius 3 is 2.21 bits per heavy atom. The van der Waals surface area contributed by atoms with E-state index in [2.05, 4.69) is 5.32 Å². The molecule has 1 aromatic carbocycles. The molecule has 1 saturated carbocycles. The lowest BCUT2D eigenvalue weighted by Crippen LogP contribution is -2.40. The number of carbonyl (C=O) groups excluding carboxylic acids is 1. The highest BCUT2D eigenvalue weighted by Gasteiger charge is 2.42. The molecule has 1 aliphatic carbocycles. The van der Waals surface area contributed by atoms with E-state index in [4.69, 9.17) is 5.11 Å². The fourth-order valence-corrected chi connectivity index (χ4v) is 3.06. The van der Waals surface area contributed by atoms with Crippen LogP contribution < -0.4 is 5.32 Å². The van der Waals surface area contributed by atoms with E-state index in [-0.39, 0.29) is 11.6 Å². The van der Waals surface area contributed by atoms with E-state index in [1.807, 2.05) is 0 Å². The molecule has 0 aromatic heterocycles. The highest BCUT2D eigenvalue weighted by atomic mass is 19.4. The van der Waals surface area contributed by atoms with Crippen molar-refractivity contribution in [1.82, 2.24) is 5.32 Å². The first-order valence-electron chi connectivity index (χ1n) is 7.91. The molecule has 1 amide bonds. The summed E-state index contributed by atoms with van der Waals surface area (Å²) in [5.41, 5.74) is 0.0646. The van der Waals surface area contributed by atoms with Crippen molar-refractivity contribution in [1.29, 1.82) is 0 Å². The third-order valence-corrected chi connectivity index (χ3v) is 4.43. The molecule has 132 valence electrons. The van der Waals surface area contributed by atoms with Crippen molar-refractivity contribution in [3.05, 3.63) is 35.9 Å². The maximum absolute atomic E-state index is 13.2. The number of carbonyl (C=O) groups is 2. The van der Waals surface area contributed by atoms with Crippen LogP contribution in [0, 0.1) is 5.92 Å². The molecule has 1 atom stereocenters. The highest BCUT2D eigenvalue weighted by Crippen LogP contribution is 2.37. The second-order valence-electron chi connectivity index (χ2n) is 6.16. The number of halogens is 3. The molecule has 0 spiro atoms. The Balaban J connectivity index is 1.93. The van der Waals surface area contributed by atoms with Crippen molar-refractivity contribution in [2.45, 2.75) is 50.2 Å². The van der Waals surface area contributed by atoms with Crippen LogP contribution in [0.3, 0.4) is 0 Å². The zero-order valence-electron chi connectivity index (χ0n) is 13.1. The summed E-state index contributed by atoms with van der Waals surface area (Å²) >= 11 is 0. The number of rotatable bonds is 5. The SMILES string of the molecule is O=C(CC(c1ccccc1)C(F)(F)F)NC1CCC(C(=O)O)CC1. The van der Waals surface area contributed by atoms with Crippen molar-refractivity contribution in [2.75, 3.05) is 0 Å². The highest BCUT2D eigenvalue weighted by molar-refractivity contribution is 5.77. The van der Waals surface area contributed by atoms with Gasteiger partial charge in [-0.25, -0.2) is 0 Å². The summed E-state index contributed by atoms with van der Waals surface area (Å²) in [6.45, 7) is 0. The number of benzene rings is 1. The molecule has 1 unspecified atom stereocenters. The summed E-state index contributed by atoms with van der Waals surface area (Å²) in [5.74, 6) is -3.78. The van der Waals surface area contributed by atoms with E-state index in [1.54, 1.807) is 6.07 Å². The maximum atomic E-state index is 13.2. The first-order chi connectivity index (χ1) is 11.3. The number of carboxylic acids is 1. The molecule has 0 radical (unpaired) electrons. The number of carboxylic acid groups (broad SMARTS) is 1. The van der Waals surface area contributed by atoms with Gasteiger partial charge in [0.1, 0.15) is 0 Å². The van der Waals surface area contributed by atoms with Crippen molar-refractivity contribution in [3.8, 4) is 0 Å². The molecular weight excluding hydrogens is 323 g/mol. The molecular formula is C17H20F3NO3. The summed E-state index contributed by atoms with van der Waals surface area (Å²) in [4.78, 5) is 22.9. The molecule has 1 aliphatic rings. The summed E-state index contributed by atoms with van der Waals surface area (Å²) in [7, 11) is 0. The minimum atomic E-state index is -4.50. The third kappa shape index (κ3) is 4.97. The van der Waals surface area contributed by atoms with Gasteiger partial charge in [-0.3, -0.25) is 9.59 Å². The van der Waals surface area contributed by atoms with Crippen LogP contribution in [0.15, 0.2) is 30.3 Å². The Labute approximate surface area is 138 Å². The molecule has 4 nitrogen and oxygen atoms in total. The second kappa shape index (κ2) is 7.68. The maximum Gasteiger partial charge on any atom is 0.396 e. The molecule has 2 rings (SSSR count). The molecule has 7 heteroatoms. The zero-order valence-corrected chi connectivity index (χ0v) is 13.1. The van der Waals surface area contributed by atoms with E-state index in [9.17, 15) is 22.8 Å². The fraction of sp³-hybridized carbons (Fsp3) is 0.529. The lowest BCUT2D eigenvalue weighted by atomic mass is 9.86. The Morgan fingerprint density at radius 1 is 1.12 bits per heavy atom. The number of aliphatic carboxylic acids is 1. The van der Waals surface area contributed by atoms with Crippen LogP contribution in [0.2, 0.25) is 0 Å². The van der Waals surface area contributed by atoms with E-state index in [1.165, 1.54) is 24.3 Å². The van der Waals surface area contributed by atoms with Gasteiger partial charge in [-0.15, -0.1) is 0 Å². The van der Waals surface area contributed by atoms with Crippen LogP contribution >= 0.6 is 0 Å². The van der Waals surface area contributed by atoms with Crippen LogP contribution in [-0.4, -0.2) is 29.2 Å². The number of amides is 1. The van der Waals surface area contributed by atoms with Crippen LogP contribution in [0.1, 0.15) is 43.6 Å². The number of hydrogen-bond donors (Lipinski definition) is 2. The lowest BCUT2D eigenvalue weighted by molar-refractivity contribution is -0.157. The molecule has 1 aromatic rings. The average Bonchev–Trinajstić information content (AvgIpc) is 2.53. The predicted octanol–water partition coefficient (Wildman–Crippen LogP) is 3.48. The molecule has 0 bridgehead atoms. The van der Waals surface area contributed by atoms with Crippen molar-refractivity contribution >= 4 is 11.9 Å². The van der Waals surface area contributed by atoms with E-state index < -0.39 is 36.3 Å². The van der Waals surface area contributed by atoms with Gasteiger partial charge >= 0.3 is 12.1 Å². The predicted molar refractivity (Wildman–Crippen MR) is 81.4 cm³/mol. The summed E-state index contributed by atoms with van der Waals surface area (Å²) in [6.07, 6.45) is -3.34. The number of alkyl halides is 3. The van der Waals surface area contributed by atoms with E-state index in [0.717, 1.165) is 0 Å². The van der Waals surface area contributed by atoms with Gasteiger partial charge in [-0.1, -0.05) is 30.3 Å². The van der Waals surface area contributed by atoms with Gasteiger partial charge in [0.05, 0.1) is 11.8 Å². The second-order valence-corrected chi connectivity index (χ2v) is 6.16. The van der Waals surface area contributed by atoms with Crippen LogP contribution in [0.5, 0.6) is 0 Å². The first kappa shape index (κ1) is 18.3. The van der Waals surface area contributed by atoms with Crippen LogP contribution in [-0.2, 0) is 9.59 Å². The lowest BCUT2D eigenvalue weighted by Gasteiger charge is -2.28. The smallest absolute Gasteiger partial charge is 0.396 e. The quantitative estimate of drug-likeness (QED) is 0.860. The van der Waals surface area contributed by atoms with Gasteiger partial charge in [0.15, 0.2) is 0 Å². The number of hydrogen-bond acceptors (Lipinski definition) is 2. The monoisotopic (exact) mass is 343 g/mol. The minimum absolute atomic E-state index is 0.0646. The Hall–Kier alpha value is -2.05.